The van der Waals surface area contributed by atoms with Crippen LogP contribution in [0.15, 0.2) is 24.3 Å². The van der Waals surface area contributed by atoms with Crippen molar-refractivity contribution in [1.29, 1.82) is 0 Å². The van der Waals surface area contributed by atoms with Gasteiger partial charge in [0.15, 0.2) is 0 Å². The van der Waals surface area contributed by atoms with Gasteiger partial charge in [0.2, 0.25) is 5.91 Å². The summed E-state index contributed by atoms with van der Waals surface area (Å²) in [7, 11) is 0. The molecule has 2 heterocycles. The lowest BCUT2D eigenvalue weighted by atomic mass is 9.88. The molecule has 0 saturated carbocycles. The first-order valence-corrected chi connectivity index (χ1v) is 11.1. The average molecular weight is 437 g/mol. The van der Waals surface area contributed by atoms with Crippen molar-refractivity contribution in [1.82, 2.24) is 4.90 Å². The lowest BCUT2D eigenvalue weighted by Crippen LogP contribution is -2.40. The fourth-order valence-corrected chi connectivity index (χ4v) is 5.73. The first kappa shape index (κ1) is 21.2. The standard InChI is InChI=1S/C22H26F2N2O3S/c1-14(27)25-21-19(17-4-2-3-5-18(17)30-21)20(26-10-12-28-13-11-26)15-6-8-16(9-7-15)29-22(23)24/h6-9,20,22H,2-5,10-13H2,1H3,(H,25,27)/t20-/m1/s1. The van der Waals surface area contributed by atoms with Crippen LogP contribution >= 0.6 is 11.3 Å². The number of aryl methyl sites for hydroxylation is 1. The van der Waals surface area contributed by atoms with E-state index in [1.807, 2.05) is 12.1 Å². The highest BCUT2D eigenvalue weighted by Crippen LogP contribution is 2.45. The molecule has 1 aromatic heterocycles. The van der Waals surface area contributed by atoms with Crippen LogP contribution in [-0.4, -0.2) is 43.7 Å². The van der Waals surface area contributed by atoms with Crippen molar-refractivity contribution in [2.75, 3.05) is 31.6 Å². The highest BCUT2D eigenvalue weighted by atomic mass is 32.1. The molecule has 162 valence electrons. The Morgan fingerprint density at radius 2 is 1.87 bits per heavy atom. The Kier molecular flexibility index (Phi) is 6.65. The Bertz CT molecular complexity index is 879. The van der Waals surface area contributed by atoms with Gasteiger partial charge in [0.1, 0.15) is 10.8 Å². The molecule has 4 rings (SSSR count). The van der Waals surface area contributed by atoms with Crippen molar-refractivity contribution in [3.63, 3.8) is 0 Å². The zero-order chi connectivity index (χ0) is 21.1. The molecule has 30 heavy (non-hydrogen) atoms. The SMILES string of the molecule is CC(=O)Nc1sc2c(c1[C@@H](c1ccc(OC(F)F)cc1)N1CCOCC1)CCCC2. The summed E-state index contributed by atoms with van der Waals surface area (Å²) in [5, 5.41) is 3.96. The number of halogens is 2. The quantitative estimate of drug-likeness (QED) is 0.719. The molecule has 2 aromatic rings. The third-order valence-electron chi connectivity index (χ3n) is 5.61. The molecule has 5 nitrogen and oxygen atoms in total. The highest BCUT2D eigenvalue weighted by Gasteiger charge is 2.32. The number of nitrogens with zero attached hydrogens (tertiary/aromatic N) is 1. The highest BCUT2D eigenvalue weighted by molar-refractivity contribution is 7.16. The van der Waals surface area contributed by atoms with Gasteiger partial charge < -0.3 is 14.8 Å². The predicted molar refractivity (Wildman–Crippen MR) is 113 cm³/mol. The summed E-state index contributed by atoms with van der Waals surface area (Å²) in [4.78, 5) is 15.6. The molecule has 0 unspecified atom stereocenters. The number of carbonyl (C=O) groups excluding carboxylic acids is 1. The Labute approximate surface area is 179 Å². The molecule has 1 fully saturated rings. The fourth-order valence-electron chi connectivity index (χ4n) is 4.36. The van der Waals surface area contributed by atoms with Crippen LogP contribution in [0.3, 0.4) is 0 Å². The van der Waals surface area contributed by atoms with E-state index in [0.29, 0.717) is 13.2 Å². The summed E-state index contributed by atoms with van der Waals surface area (Å²) in [6.07, 6.45) is 4.32. The summed E-state index contributed by atoms with van der Waals surface area (Å²) in [6.45, 7) is 1.51. The molecular formula is C22H26F2N2O3S. The Hall–Kier alpha value is -2.03. The van der Waals surface area contributed by atoms with E-state index in [1.165, 1.54) is 17.4 Å². The monoisotopic (exact) mass is 436 g/mol. The summed E-state index contributed by atoms with van der Waals surface area (Å²) in [5.41, 5.74) is 3.48. The molecular weight excluding hydrogens is 410 g/mol. The molecule has 1 N–H and O–H groups in total. The normalized spacial score (nSPS) is 18.1. The number of morpholine rings is 1. The molecule has 8 heteroatoms. The van der Waals surface area contributed by atoms with E-state index >= 15 is 0 Å². The van der Waals surface area contributed by atoms with Gasteiger partial charge in [-0.2, -0.15) is 8.78 Å². The number of nitrogens with one attached hydrogen (secondary N) is 1. The lowest BCUT2D eigenvalue weighted by molar-refractivity contribution is -0.114. The van der Waals surface area contributed by atoms with Gasteiger partial charge in [-0.25, -0.2) is 0 Å². The Morgan fingerprint density at radius 3 is 2.53 bits per heavy atom. The van der Waals surface area contributed by atoms with E-state index in [2.05, 4.69) is 15.0 Å². The number of amides is 1. The number of ether oxygens (including phenoxy) is 2. The average Bonchev–Trinajstić information content (AvgIpc) is 3.07. The van der Waals surface area contributed by atoms with E-state index in [-0.39, 0.29) is 17.7 Å². The van der Waals surface area contributed by atoms with Crippen LogP contribution in [0.5, 0.6) is 5.75 Å². The van der Waals surface area contributed by atoms with Gasteiger partial charge in [0.25, 0.3) is 0 Å². The molecule has 1 aromatic carbocycles. The predicted octanol–water partition coefficient (Wildman–Crippen LogP) is 4.61. The maximum absolute atomic E-state index is 12.6. The minimum absolute atomic E-state index is 0.0746. The largest absolute Gasteiger partial charge is 0.435 e. The van der Waals surface area contributed by atoms with E-state index < -0.39 is 6.61 Å². The summed E-state index contributed by atoms with van der Waals surface area (Å²) < 4.78 is 35.2. The second kappa shape index (κ2) is 9.41. The van der Waals surface area contributed by atoms with Crippen molar-refractivity contribution in [2.45, 2.75) is 45.3 Å². The van der Waals surface area contributed by atoms with Crippen LogP contribution in [0.2, 0.25) is 0 Å². The zero-order valence-corrected chi connectivity index (χ0v) is 17.8. The van der Waals surface area contributed by atoms with Gasteiger partial charge in [0, 0.05) is 30.5 Å². The molecule has 0 bridgehead atoms. The number of hydrogen-bond acceptors (Lipinski definition) is 5. The third-order valence-corrected chi connectivity index (χ3v) is 6.83. The van der Waals surface area contributed by atoms with Crippen molar-refractivity contribution < 1.29 is 23.0 Å². The van der Waals surface area contributed by atoms with Gasteiger partial charge >= 0.3 is 6.61 Å². The molecule has 0 radical (unpaired) electrons. The molecule has 1 amide bonds. The molecule has 1 atom stereocenters. The van der Waals surface area contributed by atoms with Gasteiger partial charge in [-0.05, 0) is 48.9 Å². The van der Waals surface area contributed by atoms with Crippen molar-refractivity contribution in [2.24, 2.45) is 0 Å². The third kappa shape index (κ3) is 4.66. The maximum Gasteiger partial charge on any atom is 0.387 e. The molecule has 2 aliphatic rings. The van der Waals surface area contributed by atoms with Crippen molar-refractivity contribution in [3.05, 3.63) is 45.8 Å². The van der Waals surface area contributed by atoms with Crippen LogP contribution in [0, 0.1) is 0 Å². The topological polar surface area (TPSA) is 50.8 Å². The number of anilines is 1. The number of carbonyl (C=O) groups is 1. The Balaban J connectivity index is 1.78. The fraction of sp³-hybridized carbons (Fsp3) is 0.500. The molecule has 1 aliphatic heterocycles. The van der Waals surface area contributed by atoms with Gasteiger partial charge in [0.05, 0.1) is 19.3 Å². The Morgan fingerprint density at radius 1 is 1.17 bits per heavy atom. The van der Waals surface area contributed by atoms with Crippen molar-refractivity contribution >= 4 is 22.2 Å². The van der Waals surface area contributed by atoms with Crippen LogP contribution in [-0.2, 0) is 22.4 Å². The van der Waals surface area contributed by atoms with Crippen LogP contribution in [0.1, 0.15) is 47.4 Å². The van der Waals surface area contributed by atoms with E-state index in [9.17, 15) is 13.6 Å². The summed E-state index contributed by atoms with van der Waals surface area (Å²) in [5.74, 6) is 0.0557. The van der Waals surface area contributed by atoms with Gasteiger partial charge in [-0.1, -0.05) is 12.1 Å². The lowest BCUT2D eigenvalue weighted by Gasteiger charge is -2.36. The number of alkyl halides is 2. The van der Waals surface area contributed by atoms with Crippen LogP contribution in [0.25, 0.3) is 0 Å². The minimum Gasteiger partial charge on any atom is -0.435 e. The molecule has 1 aliphatic carbocycles. The number of thiophene rings is 1. The number of benzene rings is 1. The van der Waals surface area contributed by atoms with Gasteiger partial charge in [-0.3, -0.25) is 9.69 Å². The molecule has 1 saturated heterocycles. The van der Waals surface area contributed by atoms with E-state index in [1.54, 1.807) is 23.5 Å². The van der Waals surface area contributed by atoms with E-state index in [0.717, 1.165) is 54.9 Å². The second-order valence-corrected chi connectivity index (χ2v) is 8.74. The summed E-state index contributed by atoms with van der Waals surface area (Å²) >= 11 is 1.68. The number of fused-ring (bicyclic) bond motifs is 1. The molecule has 0 spiro atoms. The zero-order valence-electron chi connectivity index (χ0n) is 17.0. The first-order valence-electron chi connectivity index (χ1n) is 10.3. The summed E-state index contributed by atoms with van der Waals surface area (Å²) in [6, 6.07) is 6.80. The van der Waals surface area contributed by atoms with E-state index in [4.69, 9.17) is 4.74 Å². The second-order valence-electron chi connectivity index (χ2n) is 7.63. The first-order chi connectivity index (χ1) is 14.5. The van der Waals surface area contributed by atoms with Crippen LogP contribution in [0.4, 0.5) is 13.8 Å². The maximum atomic E-state index is 12.6. The van der Waals surface area contributed by atoms with Crippen molar-refractivity contribution in [3.8, 4) is 5.75 Å². The van der Waals surface area contributed by atoms with Gasteiger partial charge in [-0.15, -0.1) is 11.3 Å². The number of rotatable bonds is 6. The number of hydrogen-bond donors (Lipinski definition) is 1. The smallest absolute Gasteiger partial charge is 0.387 e. The van der Waals surface area contributed by atoms with Crippen LogP contribution < -0.4 is 10.1 Å². The minimum atomic E-state index is -2.85.